The number of thioether (sulfide) groups is 1. The lowest BCUT2D eigenvalue weighted by atomic mass is 10.2. The third kappa shape index (κ3) is 4.29. The maximum absolute atomic E-state index is 5.41. The van der Waals surface area contributed by atoms with Crippen LogP contribution in [0.2, 0.25) is 0 Å². The first-order valence-electron chi connectivity index (χ1n) is 10.5. The van der Waals surface area contributed by atoms with E-state index in [0.717, 1.165) is 45.1 Å². The summed E-state index contributed by atoms with van der Waals surface area (Å²) in [6, 6.07) is 19.8. The van der Waals surface area contributed by atoms with Crippen molar-refractivity contribution in [3.8, 4) is 28.6 Å². The van der Waals surface area contributed by atoms with Crippen LogP contribution in [-0.4, -0.2) is 38.4 Å². The molecule has 0 unspecified atom stereocenters. The van der Waals surface area contributed by atoms with E-state index in [1.54, 1.807) is 26.0 Å². The monoisotopic (exact) mass is 457 g/mol. The quantitative estimate of drug-likeness (QED) is 0.313. The fraction of sp³-hybridized carbons (Fsp3) is 0.160. The molecule has 8 heteroatoms. The topological polar surface area (TPSA) is 66.5 Å². The number of methoxy groups -OCH3 is 2. The molecule has 0 spiro atoms. The van der Waals surface area contributed by atoms with Crippen molar-refractivity contribution in [3.63, 3.8) is 0 Å². The van der Waals surface area contributed by atoms with Gasteiger partial charge in [-0.3, -0.25) is 4.57 Å². The van der Waals surface area contributed by atoms with Crippen LogP contribution >= 0.6 is 11.8 Å². The van der Waals surface area contributed by atoms with E-state index in [4.69, 9.17) is 14.5 Å². The van der Waals surface area contributed by atoms with Gasteiger partial charge in [-0.2, -0.15) is 0 Å². The third-order valence-electron chi connectivity index (χ3n) is 5.29. The maximum atomic E-state index is 5.41. The summed E-state index contributed by atoms with van der Waals surface area (Å²) < 4.78 is 14.9. The summed E-state index contributed by atoms with van der Waals surface area (Å²) in [6.45, 7) is 2.07. The Morgan fingerprint density at radius 3 is 2.48 bits per heavy atom. The highest BCUT2D eigenvalue weighted by atomic mass is 32.2. The zero-order valence-electron chi connectivity index (χ0n) is 18.6. The highest BCUT2D eigenvalue weighted by Gasteiger charge is 2.17. The molecule has 3 aromatic heterocycles. The normalized spacial score (nSPS) is 11.1. The van der Waals surface area contributed by atoms with Crippen LogP contribution in [0.15, 0.2) is 78.2 Å². The van der Waals surface area contributed by atoms with Crippen LogP contribution in [0.3, 0.4) is 0 Å². The second-order valence-electron chi connectivity index (χ2n) is 7.56. The Labute approximate surface area is 196 Å². The van der Waals surface area contributed by atoms with Crippen molar-refractivity contribution in [3.05, 3.63) is 84.3 Å². The summed E-state index contributed by atoms with van der Waals surface area (Å²) in [4.78, 5) is 4.73. The lowest BCUT2D eigenvalue weighted by Crippen LogP contribution is -2.00. The molecule has 3 heterocycles. The van der Waals surface area contributed by atoms with Gasteiger partial charge >= 0.3 is 0 Å². The SMILES string of the molecule is COc1ccc(-n2c(SCc3cn4cc(C)ccc4n3)nnc2-c2cccc(OC)c2)cc1. The predicted octanol–water partition coefficient (Wildman–Crippen LogP) is 5.20. The number of ether oxygens (including phenoxy) is 2. The van der Waals surface area contributed by atoms with E-state index in [0.29, 0.717) is 5.75 Å². The van der Waals surface area contributed by atoms with Gasteiger partial charge < -0.3 is 13.9 Å². The largest absolute Gasteiger partial charge is 0.497 e. The minimum Gasteiger partial charge on any atom is -0.497 e. The van der Waals surface area contributed by atoms with Crippen LogP contribution in [0.5, 0.6) is 11.5 Å². The van der Waals surface area contributed by atoms with Gasteiger partial charge in [0.2, 0.25) is 0 Å². The fourth-order valence-electron chi connectivity index (χ4n) is 3.64. The Balaban J connectivity index is 1.52. The molecule has 2 aromatic carbocycles. The minimum absolute atomic E-state index is 0.674. The average Bonchev–Trinajstić information content (AvgIpc) is 3.46. The average molecular weight is 458 g/mol. The maximum Gasteiger partial charge on any atom is 0.196 e. The highest BCUT2D eigenvalue weighted by molar-refractivity contribution is 7.98. The Bertz CT molecular complexity index is 1410. The number of hydrogen-bond donors (Lipinski definition) is 0. The first-order chi connectivity index (χ1) is 16.1. The molecule has 5 rings (SSSR count). The first-order valence-corrected chi connectivity index (χ1v) is 11.4. The van der Waals surface area contributed by atoms with Crippen LogP contribution in [-0.2, 0) is 5.75 Å². The molecular formula is C25H23N5O2S. The lowest BCUT2D eigenvalue weighted by molar-refractivity contribution is 0.414. The molecule has 0 aliphatic heterocycles. The molecule has 0 radical (unpaired) electrons. The molecular weight excluding hydrogens is 434 g/mol. The van der Waals surface area contributed by atoms with Crippen molar-refractivity contribution in [2.75, 3.05) is 14.2 Å². The Kier molecular flexibility index (Phi) is 5.75. The summed E-state index contributed by atoms with van der Waals surface area (Å²) in [7, 11) is 3.32. The molecule has 166 valence electrons. The van der Waals surface area contributed by atoms with Crippen LogP contribution in [0.1, 0.15) is 11.3 Å². The van der Waals surface area contributed by atoms with Crippen molar-refractivity contribution in [1.29, 1.82) is 0 Å². The highest BCUT2D eigenvalue weighted by Crippen LogP contribution is 2.31. The van der Waals surface area contributed by atoms with Crippen molar-refractivity contribution in [2.45, 2.75) is 17.8 Å². The Morgan fingerprint density at radius 1 is 0.879 bits per heavy atom. The van der Waals surface area contributed by atoms with Gasteiger partial charge in [0.15, 0.2) is 11.0 Å². The number of hydrogen-bond acceptors (Lipinski definition) is 6. The van der Waals surface area contributed by atoms with Gasteiger partial charge in [-0.25, -0.2) is 4.98 Å². The van der Waals surface area contributed by atoms with Crippen LogP contribution in [0.4, 0.5) is 0 Å². The third-order valence-corrected chi connectivity index (χ3v) is 6.25. The molecule has 0 amide bonds. The van der Waals surface area contributed by atoms with E-state index in [1.807, 2.05) is 54.6 Å². The summed E-state index contributed by atoms with van der Waals surface area (Å²) in [6.07, 6.45) is 4.14. The zero-order chi connectivity index (χ0) is 22.8. The van der Waals surface area contributed by atoms with Gasteiger partial charge in [-0.1, -0.05) is 30.0 Å². The summed E-state index contributed by atoms with van der Waals surface area (Å²) in [5.41, 5.74) is 4.99. The number of aromatic nitrogens is 5. The number of pyridine rings is 1. The van der Waals surface area contributed by atoms with E-state index in [-0.39, 0.29) is 0 Å². The molecule has 0 aliphatic carbocycles. The molecule has 0 bridgehead atoms. The number of fused-ring (bicyclic) bond motifs is 1. The van der Waals surface area contributed by atoms with Crippen molar-refractivity contribution in [1.82, 2.24) is 24.1 Å². The molecule has 5 aromatic rings. The zero-order valence-corrected chi connectivity index (χ0v) is 19.4. The van der Waals surface area contributed by atoms with Crippen LogP contribution in [0.25, 0.3) is 22.7 Å². The smallest absolute Gasteiger partial charge is 0.196 e. The second-order valence-corrected chi connectivity index (χ2v) is 8.51. The summed E-state index contributed by atoms with van der Waals surface area (Å²) in [5.74, 6) is 2.98. The lowest BCUT2D eigenvalue weighted by Gasteiger charge is -2.11. The molecule has 0 aliphatic rings. The van der Waals surface area contributed by atoms with E-state index >= 15 is 0 Å². The van der Waals surface area contributed by atoms with Gasteiger partial charge in [0.05, 0.1) is 19.9 Å². The van der Waals surface area contributed by atoms with Crippen molar-refractivity contribution >= 4 is 17.4 Å². The first kappa shape index (κ1) is 21.1. The Morgan fingerprint density at radius 2 is 1.70 bits per heavy atom. The van der Waals surface area contributed by atoms with Crippen molar-refractivity contribution < 1.29 is 9.47 Å². The number of benzene rings is 2. The molecule has 0 fully saturated rings. The number of aryl methyl sites for hydroxylation is 1. The molecule has 0 saturated heterocycles. The van der Waals surface area contributed by atoms with Gasteiger partial charge in [0.1, 0.15) is 17.1 Å². The molecule has 0 N–H and O–H groups in total. The molecule has 7 nitrogen and oxygen atoms in total. The standard InChI is InChI=1S/C25H23N5O2S/c1-17-7-12-23-26-19(15-29(23)14-17)16-33-25-28-27-24(18-5-4-6-22(13-18)32-3)30(25)20-8-10-21(31-2)11-9-20/h4-15H,16H2,1-3H3. The van der Waals surface area contributed by atoms with E-state index < -0.39 is 0 Å². The number of rotatable bonds is 7. The predicted molar refractivity (Wildman–Crippen MR) is 129 cm³/mol. The van der Waals surface area contributed by atoms with Gasteiger partial charge in [0, 0.05) is 29.4 Å². The van der Waals surface area contributed by atoms with E-state index in [1.165, 1.54) is 5.56 Å². The summed E-state index contributed by atoms with van der Waals surface area (Å²) >= 11 is 1.60. The van der Waals surface area contributed by atoms with E-state index in [2.05, 4.69) is 44.5 Å². The minimum atomic E-state index is 0.674. The van der Waals surface area contributed by atoms with E-state index in [9.17, 15) is 0 Å². The molecule has 0 saturated carbocycles. The molecule has 33 heavy (non-hydrogen) atoms. The van der Waals surface area contributed by atoms with Crippen LogP contribution < -0.4 is 9.47 Å². The second kappa shape index (κ2) is 8.99. The Hall–Kier alpha value is -3.78. The number of imidazole rings is 1. The number of nitrogens with zero attached hydrogens (tertiary/aromatic N) is 5. The van der Waals surface area contributed by atoms with Gasteiger partial charge in [-0.05, 0) is 55.0 Å². The summed E-state index contributed by atoms with van der Waals surface area (Å²) in [5, 5.41) is 9.83. The fourth-order valence-corrected chi connectivity index (χ4v) is 4.48. The molecule has 0 atom stereocenters. The van der Waals surface area contributed by atoms with Crippen molar-refractivity contribution in [2.24, 2.45) is 0 Å². The van der Waals surface area contributed by atoms with Crippen LogP contribution in [0, 0.1) is 6.92 Å². The van der Waals surface area contributed by atoms with Gasteiger partial charge in [0.25, 0.3) is 0 Å². The van der Waals surface area contributed by atoms with Gasteiger partial charge in [-0.15, -0.1) is 10.2 Å².